The van der Waals surface area contributed by atoms with Crippen molar-refractivity contribution >= 4 is 5.97 Å². The molecule has 1 heterocycles. The van der Waals surface area contributed by atoms with E-state index in [0.29, 0.717) is 25.3 Å². The number of aromatic carboxylic acids is 1. The quantitative estimate of drug-likeness (QED) is 0.652. The summed E-state index contributed by atoms with van der Waals surface area (Å²) in [5.41, 5.74) is 0. The van der Waals surface area contributed by atoms with E-state index in [0.717, 1.165) is 0 Å². The maximum atomic E-state index is 10.5. The molecule has 84 valence electrons. The van der Waals surface area contributed by atoms with E-state index in [9.17, 15) is 9.90 Å². The fraction of sp³-hybridized carbons (Fsp3) is 0.500. The van der Waals surface area contributed by atoms with Crippen LogP contribution in [0.4, 0.5) is 0 Å². The Morgan fingerprint density at radius 1 is 1.60 bits per heavy atom. The minimum atomic E-state index is -1.07. The molecule has 0 fully saturated rings. The fourth-order valence-electron chi connectivity index (χ4n) is 1.09. The van der Waals surface area contributed by atoms with Gasteiger partial charge in [0.15, 0.2) is 0 Å². The highest BCUT2D eigenvalue weighted by Gasteiger charge is 2.08. The lowest BCUT2D eigenvalue weighted by atomic mass is 10.3. The number of carboxylic acids is 1. The van der Waals surface area contributed by atoms with E-state index < -0.39 is 5.97 Å². The van der Waals surface area contributed by atoms with E-state index in [2.05, 4.69) is 5.32 Å². The lowest BCUT2D eigenvalue weighted by Crippen LogP contribution is -2.25. The van der Waals surface area contributed by atoms with Crippen LogP contribution < -0.4 is 5.32 Å². The molecule has 1 aromatic rings. The van der Waals surface area contributed by atoms with Crippen LogP contribution in [0.3, 0.4) is 0 Å². The number of furan rings is 1. The third-order valence-electron chi connectivity index (χ3n) is 2.02. The number of aliphatic hydroxyl groups excluding tert-OH is 1. The molecule has 0 amide bonds. The summed E-state index contributed by atoms with van der Waals surface area (Å²) in [5.74, 6) is -0.589. The first kappa shape index (κ1) is 11.7. The minimum absolute atomic E-state index is 0.0668. The molecule has 0 bridgehead atoms. The second-order valence-electron chi connectivity index (χ2n) is 3.26. The lowest BCUT2D eigenvalue weighted by molar-refractivity contribution is 0.0660. The molecule has 0 aliphatic rings. The Labute approximate surface area is 87.7 Å². The number of hydrogen-bond donors (Lipinski definition) is 3. The molecule has 0 aliphatic carbocycles. The van der Waals surface area contributed by atoms with E-state index in [1.165, 1.54) is 6.07 Å². The Hall–Kier alpha value is -1.33. The van der Waals surface area contributed by atoms with Crippen molar-refractivity contribution in [3.8, 4) is 0 Å². The molecule has 5 heteroatoms. The first-order chi connectivity index (χ1) is 7.13. The topological polar surface area (TPSA) is 82.7 Å². The van der Waals surface area contributed by atoms with Crippen LogP contribution in [0.15, 0.2) is 16.5 Å². The number of aliphatic hydroxyl groups is 1. The monoisotopic (exact) mass is 213 g/mol. The Bertz CT molecular complexity index is 321. The number of carboxylic acid groups (broad SMARTS) is 1. The molecule has 0 aromatic carbocycles. The first-order valence-corrected chi connectivity index (χ1v) is 4.84. The highest BCUT2D eigenvalue weighted by molar-refractivity contribution is 5.84. The van der Waals surface area contributed by atoms with Gasteiger partial charge in [-0.25, -0.2) is 4.79 Å². The highest BCUT2D eigenvalue weighted by atomic mass is 16.4. The van der Waals surface area contributed by atoms with Gasteiger partial charge in [-0.3, -0.25) is 0 Å². The molecular formula is C10H15NO4. The summed E-state index contributed by atoms with van der Waals surface area (Å²) in [7, 11) is 0. The van der Waals surface area contributed by atoms with E-state index in [1.54, 1.807) is 6.07 Å². The van der Waals surface area contributed by atoms with Gasteiger partial charge >= 0.3 is 5.97 Å². The molecule has 15 heavy (non-hydrogen) atoms. The number of rotatable bonds is 6. The number of hydrogen-bond acceptors (Lipinski definition) is 4. The summed E-state index contributed by atoms with van der Waals surface area (Å²) >= 11 is 0. The average Bonchev–Trinajstić information content (AvgIpc) is 2.66. The molecule has 1 rings (SSSR count). The zero-order chi connectivity index (χ0) is 11.3. The maximum Gasteiger partial charge on any atom is 0.371 e. The van der Waals surface area contributed by atoms with E-state index >= 15 is 0 Å². The van der Waals surface area contributed by atoms with Crippen LogP contribution in [0.25, 0.3) is 0 Å². The van der Waals surface area contributed by atoms with Crippen molar-refractivity contribution in [2.75, 3.05) is 6.54 Å². The summed E-state index contributed by atoms with van der Waals surface area (Å²) in [6.45, 7) is 2.78. The third kappa shape index (κ3) is 3.73. The van der Waals surface area contributed by atoms with Crippen molar-refractivity contribution in [3.63, 3.8) is 0 Å². The largest absolute Gasteiger partial charge is 0.475 e. The van der Waals surface area contributed by atoms with Crippen LogP contribution in [0.1, 0.15) is 29.7 Å². The molecule has 5 nitrogen and oxygen atoms in total. The summed E-state index contributed by atoms with van der Waals surface area (Å²) in [6, 6.07) is 3.02. The van der Waals surface area contributed by atoms with Crippen molar-refractivity contribution in [3.05, 3.63) is 23.7 Å². The van der Waals surface area contributed by atoms with Crippen molar-refractivity contribution in [1.82, 2.24) is 5.32 Å². The smallest absolute Gasteiger partial charge is 0.371 e. The van der Waals surface area contributed by atoms with Gasteiger partial charge in [-0.15, -0.1) is 0 Å². The van der Waals surface area contributed by atoms with Crippen molar-refractivity contribution in [1.29, 1.82) is 0 Å². The van der Waals surface area contributed by atoms with Gasteiger partial charge in [-0.05, 0) is 18.6 Å². The van der Waals surface area contributed by atoms with Crippen LogP contribution in [0, 0.1) is 0 Å². The second-order valence-corrected chi connectivity index (χ2v) is 3.26. The van der Waals surface area contributed by atoms with Gasteiger partial charge in [0, 0.05) is 6.54 Å². The standard InChI is InChI=1S/C10H15NO4/c1-2-7(12)5-11-6-8-3-4-9(15-8)10(13)14/h3-4,7,11-12H,2,5-6H2,1H3,(H,13,14). The number of carbonyl (C=O) groups is 1. The highest BCUT2D eigenvalue weighted by Crippen LogP contribution is 2.07. The van der Waals surface area contributed by atoms with Crippen molar-refractivity contribution in [2.24, 2.45) is 0 Å². The lowest BCUT2D eigenvalue weighted by Gasteiger charge is -2.07. The molecule has 0 saturated carbocycles. The van der Waals surface area contributed by atoms with Gasteiger partial charge in [0.25, 0.3) is 0 Å². The molecule has 0 spiro atoms. The molecule has 0 aliphatic heterocycles. The number of nitrogens with one attached hydrogen (secondary N) is 1. The van der Waals surface area contributed by atoms with Crippen LogP contribution in [0.5, 0.6) is 0 Å². The second kappa shape index (κ2) is 5.53. The van der Waals surface area contributed by atoms with Gasteiger partial charge in [0.1, 0.15) is 5.76 Å². The normalized spacial score (nSPS) is 12.7. The predicted octanol–water partition coefficient (Wildman–Crippen LogP) is 0.838. The molecule has 0 radical (unpaired) electrons. The molecular weight excluding hydrogens is 198 g/mol. The fourth-order valence-corrected chi connectivity index (χ4v) is 1.09. The SMILES string of the molecule is CCC(O)CNCc1ccc(C(=O)O)o1. The summed E-state index contributed by atoms with van der Waals surface area (Å²) in [6.07, 6.45) is 0.310. The van der Waals surface area contributed by atoms with Gasteiger partial charge in [0.2, 0.25) is 5.76 Å². The van der Waals surface area contributed by atoms with Crippen LogP contribution in [0.2, 0.25) is 0 Å². The molecule has 3 N–H and O–H groups in total. The van der Waals surface area contributed by atoms with Gasteiger partial charge in [-0.2, -0.15) is 0 Å². The van der Waals surface area contributed by atoms with Gasteiger partial charge < -0.3 is 19.9 Å². The minimum Gasteiger partial charge on any atom is -0.475 e. The van der Waals surface area contributed by atoms with E-state index in [1.807, 2.05) is 6.92 Å². The summed E-state index contributed by atoms with van der Waals surface area (Å²) < 4.78 is 5.02. The van der Waals surface area contributed by atoms with E-state index in [4.69, 9.17) is 9.52 Å². The van der Waals surface area contributed by atoms with Gasteiger partial charge in [0.05, 0.1) is 12.6 Å². The average molecular weight is 213 g/mol. The van der Waals surface area contributed by atoms with Crippen LogP contribution in [-0.4, -0.2) is 28.8 Å². The zero-order valence-corrected chi connectivity index (χ0v) is 8.56. The summed E-state index contributed by atoms with van der Waals surface area (Å²) in [5, 5.41) is 20.8. The third-order valence-corrected chi connectivity index (χ3v) is 2.02. The molecule has 0 saturated heterocycles. The van der Waals surface area contributed by atoms with Crippen LogP contribution in [-0.2, 0) is 6.54 Å². The van der Waals surface area contributed by atoms with E-state index in [-0.39, 0.29) is 11.9 Å². The molecule has 1 atom stereocenters. The molecule has 1 aromatic heterocycles. The maximum absolute atomic E-state index is 10.5. The Balaban J connectivity index is 2.35. The first-order valence-electron chi connectivity index (χ1n) is 4.84. The Morgan fingerprint density at radius 2 is 2.33 bits per heavy atom. The Kier molecular flexibility index (Phi) is 4.33. The molecule has 1 unspecified atom stereocenters. The summed E-state index contributed by atoms with van der Waals surface area (Å²) in [4.78, 5) is 10.5. The predicted molar refractivity (Wildman–Crippen MR) is 53.7 cm³/mol. The zero-order valence-electron chi connectivity index (χ0n) is 8.56. The van der Waals surface area contributed by atoms with Gasteiger partial charge in [-0.1, -0.05) is 6.92 Å². The van der Waals surface area contributed by atoms with Crippen LogP contribution >= 0.6 is 0 Å². The Morgan fingerprint density at radius 3 is 2.87 bits per heavy atom. The van der Waals surface area contributed by atoms with Crippen molar-refractivity contribution in [2.45, 2.75) is 26.0 Å². The van der Waals surface area contributed by atoms with Crippen molar-refractivity contribution < 1.29 is 19.4 Å².